The second-order valence-electron chi connectivity index (χ2n) is 3.96. The van der Waals surface area contributed by atoms with Gasteiger partial charge in [-0.05, 0) is 31.2 Å². The predicted octanol–water partition coefficient (Wildman–Crippen LogP) is 2.17. The van der Waals surface area contributed by atoms with Crippen molar-refractivity contribution in [2.24, 2.45) is 0 Å². The number of aromatic amines is 1. The number of aryl methyl sites for hydroxylation is 1. The summed E-state index contributed by atoms with van der Waals surface area (Å²) in [6.07, 6.45) is 0. The molecule has 0 fully saturated rings. The lowest BCUT2D eigenvalue weighted by molar-refractivity contribution is 0.101. The van der Waals surface area contributed by atoms with Crippen molar-refractivity contribution in [1.29, 1.82) is 0 Å². The number of ketones is 1. The lowest BCUT2D eigenvalue weighted by Gasteiger charge is -2.03. The average Bonchev–Trinajstić information content (AvgIpc) is 2.78. The number of amides is 1. The lowest BCUT2D eigenvalue weighted by Crippen LogP contribution is -2.13. The molecule has 0 atom stereocenters. The molecule has 5 nitrogen and oxygen atoms in total. The predicted molar refractivity (Wildman–Crippen MR) is 67.7 cm³/mol. The van der Waals surface area contributed by atoms with Gasteiger partial charge in [0.1, 0.15) is 11.5 Å². The molecule has 0 unspecified atom stereocenters. The van der Waals surface area contributed by atoms with Crippen molar-refractivity contribution in [3.8, 4) is 0 Å². The van der Waals surface area contributed by atoms with Crippen molar-refractivity contribution in [1.82, 2.24) is 9.97 Å². The van der Waals surface area contributed by atoms with Gasteiger partial charge in [-0.25, -0.2) is 4.98 Å². The molecule has 0 saturated carbocycles. The monoisotopic (exact) mass is 243 g/mol. The number of aromatic nitrogens is 2. The molecule has 0 aromatic carbocycles. The largest absolute Gasteiger partial charge is 0.348 e. The molecule has 0 bridgehead atoms. The number of carbonyl (C=O) groups is 2. The van der Waals surface area contributed by atoms with Crippen LogP contribution in [0, 0.1) is 6.92 Å². The smallest absolute Gasteiger partial charge is 0.273 e. The maximum atomic E-state index is 11.9. The summed E-state index contributed by atoms with van der Waals surface area (Å²) >= 11 is 0. The Kier molecular flexibility index (Phi) is 3.23. The van der Waals surface area contributed by atoms with E-state index < -0.39 is 0 Å². The van der Waals surface area contributed by atoms with Crippen LogP contribution in [0.25, 0.3) is 0 Å². The van der Waals surface area contributed by atoms with E-state index in [2.05, 4.69) is 15.3 Å². The van der Waals surface area contributed by atoms with E-state index in [0.29, 0.717) is 17.2 Å². The molecule has 2 aromatic heterocycles. The summed E-state index contributed by atoms with van der Waals surface area (Å²) in [6.45, 7) is 3.29. The second-order valence-corrected chi connectivity index (χ2v) is 3.96. The average molecular weight is 243 g/mol. The van der Waals surface area contributed by atoms with Gasteiger partial charge in [0.2, 0.25) is 0 Å². The molecule has 0 radical (unpaired) electrons. The maximum Gasteiger partial charge on any atom is 0.273 e. The Morgan fingerprint density at radius 2 is 1.89 bits per heavy atom. The Labute approximate surface area is 104 Å². The van der Waals surface area contributed by atoms with Gasteiger partial charge < -0.3 is 10.3 Å². The number of hydrogen-bond donors (Lipinski definition) is 2. The zero-order valence-corrected chi connectivity index (χ0v) is 10.2. The van der Waals surface area contributed by atoms with E-state index in [1.54, 1.807) is 18.2 Å². The van der Waals surface area contributed by atoms with Gasteiger partial charge in [-0.3, -0.25) is 9.59 Å². The molecule has 0 aliphatic rings. The molecule has 92 valence electrons. The fourth-order valence-electron chi connectivity index (χ4n) is 1.53. The summed E-state index contributed by atoms with van der Waals surface area (Å²) in [4.78, 5) is 29.9. The van der Waals surface area contributed by atoms with Crippen LogP contribution in [0.3, 0.4) is 0 Å². The summed E-state index contributed by atoms with van der Waals surface area (Å²) in [7, 11) is 0. The maximum absolute atomic E-state index is 11.9. The van der Waals surface area contributed by atoms with Gasteiger partial charge in [0.15, 0.2) is 5.78 Å². The van der Waals surface area contributed by atoms with Gasteiger partial charge in [0.25, 0.3) is 5.91 Å². The van der Waals surface area contributed by atoms with Gasteiger partial charge in [0.05, 0.1) is 5.69 Å². The van der Waals surface area contributed by atoms with Crippen molar-refractivity contribution < 1.29 is 9.59 Å². The molecule has 2 rings (SSSR count). The fourth-order valence-corrected chi connectivity index (χ4v) is 1.53. The first-order chi connectivity index (χ1) is 8.56. The number of pyridine rings is 1. The zero-order valence-electron chi connectivity index (χ0n) is 10.2. The van der Waals surface area contributed by atoms with Crippen molar-refractivity contribution in [2.45, 2.75) is 13.8 Å². The number of anilines is 1. The fraction of sp³-hybridized carbons (Fsp3) is 0.154. The van der Waals surface area contributed by atoms with Crippen LogP contribution in [-0.2, 0) is 0 Å². The highest BCUT2D eigenvalue weighted by Gasteiger charge is 2.10. The van der Waals surface area contributed by atoms with Crippen LogP contribution < -0.4 is 5.32 Å². The number of nitrogens with one attached hydrogen (secondary N) is 2. The van der Waals surface area contributed by atoms with Crippen LogP contribution >= 0.6 is 0 Å². The number of H-pyrrole nitrogens is 1. The molecule has 0 aliphatic heterocycles. The highest BCUT2D eigenvalue weighted by atomic mass is 16.2. The van der Waals surface area contributed by atoms with Crippen molar-refractivity contribution >= 4 is 17.5 Å². The van der Waals surface area contributed by atoms with Crippen molar-refractivity contribution in [2.75, 3.05) is 5.32 Å². The first-order valence-corrected chi connectivity index (χ1v) is 5.51. The summed E-state index contributed by atoms with van der Waals surface area (Å²) in [5.74, 6) is 0.0577. The van der Waals surface area contributed by atoms with Gasteiger partial charge in [-0.1, -0.05) is 6.07 Å². The number of nitrogens with zero attached hydrogens (tertiary/aromatic N) is 1. The van der Waals surface area contributed by atoms with Crippen molar-refractivity contribution in [3.63, 3.8) is 0 Å². The number of rotatable bonds is 3. The van der Waals surface area contributed by atoms with Gasteiger partial charge in [-0.2, -0.15) is 0 Å². The molecule has 2 heterocycles. The second kappa shape index (κ2) is 4.83. The molecule has 1 amide bonds. The minimum atomic E-state index is -0.319. The molecule has 0 saturated heterocycles. The SMILES string of the molecule is CC(=O)c1ccc(C(=O)Nc2cccc(C)n2)[nH]1. The van der Waals surface area contributed by atoms with Crippen LogP contribution in [0.4, 0.5) is 5.82 Å². The third-order valence-corrected chi connectivity index (χ3v) is 2.44. The van der Waals surface area contributed by atoms with Crippen LogP contribution in [0.2, 0.25) is 0 Å². The van der Waals surface area contributed by atoms with E-state index in [4.69, 9.17) is 0 Å². The van der Waals surface area contributed by atoms with E-state index in [-0.39, 0.29) is 11.7 Å². The quantitative estimate of drug-likeness (QED) is 0.811. The van der Waals surface area contributed by atoms with E-state index in [1.165, 1.54) is 6.92 Å². The number of carbonyl (C=O) groups excluding carboxylic acids is 2. The van der Waals surface area contributed by atoms with Crippen molar-refractivity contribution in [3.05, 3.63) is 47.4 Å². The molecule has 0 aliphatic carbocycles. The van der Waals surface area contributed by atoms with Gasteiger partial charge in [-0.15, -0.1) is 0 Å². The first-order valence-electron chi connectivity index (χ1n) is 5.51. The zero-order chi connectivity index (χ0) is 13.1. The summed E-state index contributed by atoms with van der Waals surface area (Å²) in [5.41, 5.74) is 1.57. The highest BCUT2D eigenvalue weighted by Crippen LogP contribution is 2.08. The standard InChI is InChI=1S/C13H13N3O2/c1-8-4-3-5-12(14-8)16-13(18)11-7-6-10(15-11)9(2)17/h3-7,15H,1-2H3,(H,14,16,18). The Morgan fingerprint density at radius 1 is 1.17 bits per heavy atom. The topological polar surface area (TPSA) is 74.8 Å². The molecule has 0 spiro atoms. The number of Topliss-reactive ketones (excluding diaryl/α,β-unsaturated/α-hetero) is 1. The Hall–Kier alpha value is -2.43. The Balaban J connectivity index is 2.14. The van der Waals surface area contributed by atoms with Gasteiger partial charge in [0, 0.05) is 12.6 Å². The van der Waals surface area contributed by atoms with Crippen LogP contribution in [0.1, 0.15) is 33.6 Å². The van der Waals surface area contributed by atoms with Gasteiger partial charge >= 0.3 is 0 Å². The highest BCUT2D eigenvalue weighted by molar-refractivity contribution is 6.04. The van der Waals surface area contributed by atoms with E-state index in [0.717, 1.165) is 5.69 Å². The molecule has 2 aromatic rings. The summed E-state index contributed by atoms with van der Waals surface area (Å²) in [6, 6.07) is 8.52. The first kappa shape index (κ1) is 12.0. The number of hydrogen-bond acceptors (Lipinski definition) is 3. The van der Waals surface area contributed by atoms with Crippen LogP contribution in [0.15, 0.2) is 30.3 Å². The van der Waals surface area contributed by atoms with Crippen LogP contribution in [0.5, 0.6) is 0 Å². The normalized spacial score (nSPS) is 10.1. The third kappa shape index (κ3) is 2.63. The summed E-state index contributed by atoms with van der Waals surface area (Å²) in [5, 5.41) is 2.66. The van der Waals surface area contributed by atoms with E-state index >= 15 is 0 Å². The summed E-state index contributed by atoms with van der Waals surface area (Å²) < 4.78 is 0. The molecule has 18 heavy (non-hydrogen) atoms. The molecule has 5 heteroatoms. The minimum Gasteiger partial charge on any atom is -0.348 e. The Morgan fingerprint density at radius 3 is 2.50 bits per heavy atom. The van der Waals surface area contributed by atoms with E-state index in [9.17, 15) is 9.59 Å². The minimum absolute atomic E-state index is 0.109. The third-order valence-electron chi connectivity index (χ3n) is 2.44. The molecular weight excluding hydrogens is 230 g/mol. The molecule has 2 N–H and O–H groups in total. The Bertz CT molecular complexity index is 602. The lowest BCUT2D eigenvalue weighted by atomic mass is 10.3. The van der Waals surface area contributed by atoms with E-state index in [1.807, 2.05) is 19.1 Å². The molecular formula is C13H13N3O2. The van der Waals surface area contributed by atoms with Crippen LogP contribution in [-0.4, -0.2) is 21.7 Å².